The molecule has 0 aromatic heterocycles. The van der Waals surface area contributed by atoms with E-state index in [0.29, 0.717) is 25.1 Å². The summed E-state index contributed by atoms with van der Waals surface area (Å²) in [5.41, 5.74) is 0.526. The molecule has 1 saturated heterocycles. The summed E-state index contributed by atoms with van der Waals surface area (Å²) in [6, 6.07) is 10.6. The molecular weight excluding hydrogens is 491 g/mol. The van der Waals surface area contributed by atoms with E-state index in [-0.39, 0.29) is 36.5 Å². The summed E-state index contributed by atoms with van der Waals surface area (Å²) in [6.07, 6.45) is -1.46. The summed E-state index contributed by atoms with van der Waals surface area (Å²) in [7, 11) is -3.74. The fourth-order valence-corrected chi connectivity index (χ4v) is 5.68. The molecule has 5 N–H and O–H groups in total. The summed E-state index contributed by atoms with van der Waals surface area (Å²) in [5.74, 6) is -1.96. The number of aliphatic hydroxyl groups excluding tert-OH is 1. The monoisotopic (exact) mass is 522 g/mol. The maximum absolute atomic E-state index is 15.7. The van der Waals surface area contributed by atoms with Crippen molar-refractivity contribution in [3.8, 4) is 0 Å². The SMILES string of the molecule is CCNc1cc(C(=O)N[C@@H](Cc2ccccc2)[C@H](O)CNC(=O)O)c(F)c(N2CCCCS2(=O)=O)c1. The van der Waals surface area contributed by atoms with E-state index in [1.54, 1.807) is 30.3 Å². The predicted molar refractivity (Wildman–Crippen MR) is 134 cm³/mol. The molecule has 12 heteroatoms. The number of carboxylic acid groups (broad SMARTS) is 1. The van der Waals surface area contributed by atoms with Crippen molar-refractivity contribution in [1.82, 2.24) is 10.6 Å². The highest BCUT2D eigenvalue weighted by atomic mass is 32.2. The van der Waals surface area contributed by atoms with Crippen molar-refractivity contribution in [1.29, 1.82) is 0 Å². The zero-order chi connectivity index (χ0) is 26.3. The van der Waals surface area contributed by atoms with Crippen molar-refractivity contribution >= 4 is 33.4 Å². The summed E-state index contributed by atoms with van der Waals surface area (Å²) < 4.78 is 41.9. The first-order chi connectivity index (χ1) is 17.1. The second kappa shape index (κ2) is 12.0. The Morgan fingerprint density at radius 2 is 1.89 bits per heavy atom. The molecule has 36 heavy (non-hydrogen) atoms. The number of carbonyl (C=O) groups is 2. The van der Waals surface area contributed by atoms with Crippen LogP contribution in [0.4, 0.5) is 20.6 Å². The summed E-state index contributed by atoms with van der Waals surface area (Å²) in [5, 5.41) is 27.2. The maximum atomic E-state index is 15.7. The minimum Gasteiger partial charge on any atom is -0.465 e. The van der Waals surface area contributed by atoms with E-state index in [0.717, 1.165) is 9.87 Å². The molecule has 0 bridgehead atoms. The van der Waals surface area contributed by atoms with Gasteiger partial charge in [-0.3, -0.25) is 9.10 Å². The van der Waals surface area contributed by atoms with Crippen LogP contribution in [0.1, 0.15) is 35.7 Å². The van der Waals surface area contributed by atoms with Crippen LogP contribution < -0.4 is 20.3 Å². The third-order valence-corrected chi connectivity index (χ3v) is 7.69. The molecule has 2 atom stereocenters. The summed E-state index contributed by atoms with van der Waals surface area (Å²) in [4.78, 5) is 24.2. The number of aliphatic hydroxyl groups is 1. The Kier molecular flexibility index (Phi) is 9.10. The van der Waals surface area contributed by atoms with Gasteiger partial charge in [0.15, 0.2) is 5.82 Å². The number of rotatable bonds is 10. The number of benzene rings is 2. The van der Waals surface area contributed by atoms with Crippen LogP contribution in [-0.2, 0) is 16.4 Å². The summed E-state index contributed by atoms with van der Waals surface area (Å²) in [6.45, 7) is 2.01. The van der Waals surface area contributed by atoms with Crippen LogP contribution in [0.25, 0.3) is 0 Å². The molecule has 1 aliphatic heterocycles. The highest BCUT2D eigenvalue weighted by Crippen LogP contribution is 2.31. The lowest BCUT2D eigenvalue weighted by atomic mass is 10.00. The highest BCUT2D eigenvalue weighted by molar-refractivity contribution is 7.92. The minimum absolute atomic E-state index is 0.103. The van der Waals surface area contributed by atoms with Gasteiger partial charge in [0.25, 0.3) is 5.91 Å². The van der Waals surface area contributed by atoms with E-state index in [9.17, 15) is 23.1 Å². The maximum Gasteiger partial charge on any atom is 0.404 e. The predicted octanol–water partition coefficient (Wildman–Crippen LogP) is 2.16. The van der Waals surface area contributed by atoms with Crippen LogP contribution in [0.2, 0.25) is 0 Å². The van der Waals surface area contributed by atoms with E-state index in [2.05, 4.69) is 16.0 Å². The van der Waals surface area contributed by atoms with Crippen LogP contribution >= 0.6 is 0 Å². The minimum atomic E-state index is -3.74. The molecule has 1 aliphatic rings. The van der Waals surface area contributed by atoms with Gasteiger partial charge >= 0.3 is 6.09 Å². The topological polar surface area (TPSA) is 148 Å². The second-order valence-electron chi connectivity index (χ2n) is 8.51. The Hall–Kier alpha value is -3.38. The van der Waals surface area contributed by atoms with Crippen LogP contribution in [0.3, 0.4) is 0 Å². The zero-order valence-corrected chi connectivity index (χ0v) is 20.7. The molecule has 2 aromatic carbocycles. The molecule has 0 spiro atoms. The quantitative estimate of drug-likeness (QED) is 0.321. The van der Waals surface area contributed by atoms with Gasteiger partial charge in [0.05, 0.1) is 29.1 Å². The average molecular weight is 523 g/mol. The van der Waals surface area contributed by atoms with Crippen molar-refractivity contribution < 1.29 is 32.6 Å². The number of hydrogen-bond donors (Lipinski definition) is 5. The number of hydrogen-bond acceptors (Lipinski definition) is 6. The third-order valence-electron chi connectivity index (χ3n) is 5.84. The lowest BCUT2D eigenvalue weighted by Gasteiger charge is -2.30. The van der Waals surface area contributed by atoms with Crippen LogP contribution in [0.5, 0.6) is 0 Å². The molecular formula is C24H31FN4O6S. The number of sulfonamides is 1. The van der Waals surface area contributed by atoms with Crippen molar-refractivity contribution in [2.45, 2.75) is 38.3 Å². The van der Waals surface area contributed by atoms with Gasteiger partial charge in [0, 0.05) is 25.3 Å². The van der Waals surface area contributed by atoms with Crippen molar-refractivity contribution in [2.24, 2.45) is 0 Å². The van der Waals surface area contributed by atoms with Gasteiger partial charge in [-0.1, -0.05) is 30.3 Å². The first kappa shape index (κ1) is 27.2. The van der Waals surface area contributed by atoms with Crippen molar-refractivity contribution in [3.05, 3.63) is 59.4 Å². The Balaban J connectivity index is 1.95. The molecule has 0 saturated carbocycles. The molecule has 196 valence electrons. The van der Waals surface area contributed by atoms with E-state index >= 15 is 4.39 Å². The summed E-state index contributed by atoms with van der Waals surface area (Å²) >= 11 is 0. The fourth-order valence-electron chi connectivity index (χ4n) is 4.05. The van der Waals surface area contributed by atoms with E-state index < -0.39 is 40.0 Å². The Labute approximate surface area is 209 Å². The van der Waals surface area contributed by atoms with Gasteiger partial charge in [-0.2, -0.15) is 0 Å². The average Bonchev–Trinajstić information content (AvgIpc) is 2.83. The highest BCUT2D eigenvalue weighted by Gasteiger charge is 2.31. The van der Waals surface area contributed by atoms with Crippen LogP contribution in [0, 0.1) is 5.82 Å². The standard InChI is InChI=1S/C24H31FN4O6S/c1-2-26-17-13-18(22(25)20(14-17)29-10-6-7-11-36(29,34)35)23(31)28-19(21(30)15-27-24(32)33)12-16-8-4-3-5-9-16/h3-5,8-9,13-14,19,21,26-27,30H,2,6-7,10-12,15H2,1H3,(H,28,31)(H,32,33)/t19-,21+/m0/s1. The van der Waals surface area contributed by atoms with Gasteiger partial charge in [-0.15, -0.1) is 0 Å². The molecule has 0 unspecified atom stereocenters. The molecule has 2 aromatic rings. The van der Waals surface area contributed by atoms with Crippen molar-refractivity contribution in [2.75, 3.05) is 35.0 Å². The van der Waals surface area contributed by atoms with Gasteiger partial charge in [0.2, 0.25) is 10.0 Å². The zero-order valence-electron chi connectivity index (χ0n) is 19.9. The van der Waals surface area contributed by atoms with Gasteiger partial charge in [-0.05, 0) is 43.9 Å². The van der Waals surface area contributed by atoms with Crippen LogP contribution in [0.15, 0.2) is 42.5 Å². The van der Waals surface area contributed by atoms with Crippen LogP contribution in [-0.4, -0.2) is 68.2 Å². The third kappa shape index (κ3) is 6.85. The normalized spacial score (nSPS) is 16.6. The molecule has 3 rings (SSSR count). The lowest BCUT2D eigenvalue weighted by molar-refractivity contribution is 0.0826. The molecule has 0 aliphatic carbocycles. The Bertz CT molecular complexity index is 1180. The lowest BCUT2D eigenvalue weighted by Crippen LogP contribution is -2.49. The molecule has 10 nitrogen and oxygen atoms in total. The fraction of sp³-hybridized carbons (Fsp3) is 0.417. The number of carbonyl (C=O) groups excluding carboxylic acids is 1. The van der Waals surface area contributed by atoms with E-state index in [4.69, 9.17) is 5.11 Å². The first-order valence-corrected chi connectivity index (χ1v) is 13.3. The molecule has 1 fully saturated rings. The number of anilines is 2. The Morgan fingerprint density at radius 1 is 1.17 bits per heavy atom. The van der Waals surface area contributed by atoms with Gasteiger partial charge in [-0.25, -0.2) is 17.6 Å². The van der Waals surface area contributed by atoms with Gasteiger partial charge < -0.3 is 26.2 Å². The smallest absolute Gasteiger partial charge is 0.404 e. The largest absolute Gasteiger partial charge is 0.465 e. The number of nitrogens with zero attached hydrogens (tertiary/aromatic N) is 1. The van der Waals surface area contributed by atoms with Crippen molar-refractivity contribution in [3.63, 3.8) is 0 Å². The first-order valence-electron chi connectivity index (χ1n) is 11.7. The van der Waals surface area contributed by atoms with E-state index in [1.807, 2.05) is 6.92 Å². The second-order valence-corrected chi connectivity index (χ2v) is 10.5. The van der Waals surface area contributed by atoms with Gasteiger partial charge in [0.1, 0.15) is 0 Å². The van der Waals surface area contributed by atoms with E-state index in [1.165, 1.54) is 12.1 Å². The number of amides is 2. The number of halogens is 1. The molecule has 1 heterocycles. The molecule has 0 radical (unpaired) electrons. The molecule has 2 amide bonds. The Morgan fingerprint density at radius 3 is 2.53 bits per heavy atom. The number of nitrogens with one attached hydrogen (secondary N) is 3.